The Morgan fingerprint density at radius 2 is 0.717 bits per heavy atom. The molecule has 0 N–H and O–H groups in total. The summed E-state index contributed by atoms with van der Waals surface area (Å²) in [7, 11) is -9.00. The Morgan fingerprint density at radius 1 is 0.415 bits per heavy atom. The van der Waals surface area contributed by atoms with E-state index in [-0.39, 0.29) is 58.7 Å². The van der Waals surface area contributed by atoms with Gasteiger partial charge in [0.25, 0.3) is 0 Å². The molecule has 288 valence electrons. The van der Waals surface area contributed by atoms with Crippen molar-refractivity contribution in [1.82, 2.24) is 0 Å². The molecule has 0 aliphatic heterocycles. The van der Waals surface area contributed by atoms with E-state index in [1.807, 2.05) is 48.5 Å². The third-order valence-electron chi connectivity index (χ3n) is 9.97. The molecule has 0 aromatic heterocycles. The molecule has 0 radical (unpaired) electrons. The van der Waals surface area contributed by atoms with E-state index in [1.165, 1.54) is 38.5 Å². The maximum atomic E-state index is 12.0. The van der Waals surface area contributed by atoms with Crippen molar-refractivity contribution in [3.8, 4) is 0 Å². The van der Waals surface area contributed by atoms with Gasteiger partial charge in [-0.05, 0) is 107 Å². The zero-order valence-electron chi connectivity index (χ0n) is 32.9. The minimum absolute atomic E-state index is 0. The van der Waals surface area contributed by atoms with Crippen molar-refractivity contribution in [3.63, 3.8) is 0 Å². The van der Waals surface area contributed by atoms with Crippen molar-refractivity contribution in [2.24, 2.45) is 0 Å². The molecule has 0 aliphatic rings. The van der Waals surface area contributed by atoms with Gasteiger partial charge in [-0.25, -0.2) is 16.8 Å². The predicted octanol–water partition coefficient (Wildman–Crippen LogP) is 11.6. The molecule has 4 rings (SSSR count). The van der Waals surface area contributed by atoms with E-state index in [2.05, 4.69) is 39.8 Å². The SMILES string of the molecule is CCCCCCc1ccc2ccc(CCCCCC)c(S(=O)(=O)[O-])c2c1.CCCCCCc1ccc2ccc(CCCCCC)c(S(=O)(=O)[O-])c2c1.[Ba+2]. The zero-order chi connectivity index (χ0) is 38.0. The summed E-state index contributed by atoms with van der Waals surface area (Å²) < 4.78 is 72.1. The molecule has 9 heteroatoms. The van der Waals surface area contributed by atoms with Crippen molar-refractivity contribution >= 4 is 90.7 Å². The van der Waals surface area contributed by atoms with Gasteiger partial charge in [0, 0.05) is 0 Å². The Bertz CT molecular complexity index is 1750. The summed E-state index contributed by atoms with van der Waals surface area (Å²) in [5, 5.41) is 2.85. The molecule has 0 aliphatic carbocycles. The van der Waals surface area contributed by atoms with Crippen molar-refractivity contribution in [1.29, 1.82) is 0 Å². The third kappa shape index (κ3) is 16.1. The number of hydrogen-bond acceptors (Lipinski definition) is 6. The first-order valence-electron chi connectivity index (χ1n) is 19.9. The Kier molecular flexibility index (Phi) is 22.7. The van der Waals surface area contributed by atoms with E-state index in [1.54, 1.807) is 0 Å². The molecule has 0 amide bonds. The van der Waals surface area contributed by atoms with Crippen molar-refractivity contribution < 1.29 is 25.9 Å². The molecule has 0 saturated heterocycles. The molecule has 0 fully saturated rings. The van der Waals surface area contributed by atoms with E-state index >= 15 is 0 Å². The average Bonchev–Trinajstić information content (AvgIpc) is 3.11. The van der Waals surface area contributed by atoms with E-state index in [4.69, 9.17) is 0 Å². The van der Waals surface area contributed by atoms with Gasteiger partial charge in [-0.2, -0.15) is 0 Å². The molecule has 0 saturated carbocycles. The van der Waals surface area contributed by atoms with Crippen LogP contribution in [0.4, 0.5) is 0 Å². The normalized spacial score (nSPS) is 11.7. The summed E-state index contributed by atoms with van der Waals surface area (Å²) in [6.07, 6.45) is 21.0. The minimum atomic E-state index is -4.50. The first kappa shape index (κ1) is 47.9. The molecular weight excluding hydrogens is 826 g/mol. The predicted molar refractivity (Wildman–Crippen MR) is 221 cm³/mol. The van der Waals surface area contributed by atoms with Crippen LogP contribution < -0.4 is 0 Å². The van der Waals surface area contributed by atoms with Gasteiger partial charge in [0.05, 0.1) is 9.79 Å². The molecule has 0 heterocycles. The van der Waals surface area contributed by atoms with Crippen molar-refractivity contribution in [2.75, 3.05) is 0 Å². The van der Waals surface area contributed by atoms with Crippen LogP contribution in [0.15, 0.2) is 70.5 Å². The van der Waals surface area contributed by atoms with Crippen LogP contribution in [0.5, 0.6) is 0 Å². The quantitative estimate of drug-likeness (QED) is 0.0441. The summed E-state index contributed by atoms with van der Waals surface area (Å²) in [6, 6.07) is 19.4. The van der Waals surface area contributed by atoms with Gasteiger partial charge < -0.3 is 9.11 Å². The van der Waals surface area contributed by atoms with E-state index in [0.29, 0.717) is 34.7 Å². The fourth-order valence-electron chi connectivity index (χ4n) is 7.06. The van der Waals surface area contributed by atoms with Crippen LogP contribution in [-0.2, 0) is 45.9 Å². The Morgan fingerprint density at radius 3 is 1.02 bits per heavy atom. The van der Waals surface area contributed by atoms with E-state index < -0.39 is 20.2 Å². The largest absolute Gasteiger partial charge is 2.00 e. The molecular formula is C44H62BaO6S2. The topological polar surface area (TPSA) is 114 Å². The van der Waals surface area contributed by atoms with Crippen LogP contribution in [0.3, 0.4) is 0 Å². The maximum Gasteiger partial charge on any atom is 2.00 e. The minimum Gasteiger partial charge on any atom is -0.744 e. The maximum absolute atomic E-state index is 12.0. The van der Waals surface area contributed by atoms with Crippen LogP contribution in [-0.4, -0.2) is 74.8 Å². The Labute approximate surface area is 361 Å². The third-order valence-corrected chi connectivity index (χ3v) is 11.9. The van der Waals surface area contributed by atoms with Gasteiger partial charge in [-0.1, -0.05) is 153 Å². The molecule has 0 spiro atoms. The van der Waals surface area contributed by atoms with Crippen LogP contribution in [0.25, 0.3) is 21.5 Å². The van der Waals surface area contributed by atoms with Gasteiger partial charge in [-0.3, -0.25) is 0 Å². The fourth-order valence-corrected chi connectivity index (χ4v) is 8.94. The second-order valence-electron chi connectivity index (χ2n) is 14.4. The molecule has 4 aromatic carbocycles. The Balaban J connectivity index is 0.000000360. The molecule has 53 heavy (non-hydrogen) atoms. The summed E-state index contributed by atoms with van der Waals surface area (Å²) in [5.74, 6) is 0. The number of unbranched alkanes of at least 4 members (excludes halogenated alkanes) is 12. The second-order valence-corrected chi connectivity index (χ2v) is 17.0. The Hall–Kier alpha value is -1.21. The molecule has 0 bridgehead atoms. The molecule has 0 atom stereocenters. The zero-order valence-corrected chi connectivity index (χ0v) is 39.0. The average molecular weight is 888 g/mol. The first-order valence-corrected chi connectivity index (χ1v) is 22.8. The van der Waals surface area contributed by atoms with Gasteiger partial charge in [0.1, 0.15) is 20.2 Å². The van der Waals surface area contributed by atoms with Gasteiger partial charge in [-0.15, -0.1) is 0 Å². The fraction of sp³-hybridized carbons (Fsp3) is 0.545. The summed E-state index contributed by atoms with van der Waals surface area (Å²) >= 11 is 0. The van der Waals surface area contributed by atoms with Gasteiger partial charge in [0.2, 0.25) is 0 Å². The van der Waals surface area contributed by atoms with Gasteiger partial charge >= 0.3 is 48.9 Å². The van der Waals surface area contributed by atoms with Crippen molar-refractivity contribution in [3.05, 3.63) is 82.9 Å². The van der Waals surface area contributed by atoms with Crippen LogP contribution in [0.2, 0.25) is 0 Å². The van der Waals surface area contributed by atoms with Crippen molar-refractivity contribution in [2.45, 2.75) is 166 Å². The van der Waals surface area contributed by atoms with E-state index in [9.17, 15) is 25.9 Å². The van der Waals surface area contributed by atoms with Gasteiger partial charge in [0.15, 0.2) is 0 Å². The van der Waals surface area contributed by atoms with E-state index in [0.717, 1.165) is 98.9 Å². The standard InChI is InChI=1S/2C22H32O3S.Ba/c2*1-3-5-7-9-11-18-13-14-19-15-16-20(12-10-8-6-4-2)22(21(19)17-18)26(23,24)25;/h2*13-17H,3-12H2,1-2H3,(H,23,24,25);/q;;+2/p-2. The van der Waals surface area contributed by atoms with Crippen LogP contribution in [0, 0.1) is 0 Å². The smallest absolute Gasteiger partial charge is 0.744 e. The van der Waals surface area contributed by atoms with Crippen LogP contribution in [0.1, 0.15) is 153 Å². The summed E-state index contributed by atoms with van der Waals surface area (Å²) in [5.41, 5.74) is 3.57. The number of fused-ring (bicyclic) bond motifs is 2. The number of aryl methyl sites for hydroxylation is 4. The second kappa shape index (κ2) is 25.1. The first-order chi connectivity index (χ1) is 24.9. The number of benzene rings is 4. The molecule has 0 unspecified atom stereocenters. The summed E-state index contributed by atoms with van der Waals surface area (Å²) in [4.78, 5) is 0.00353. The molecule has 4 aromatic rings. The summed E-state index contributed by atoms with van der Waals surface area (Å²) in [6.45, 7) is 8.66. The number of hydrogen-bond donors (Lipinski definition) is 0. The monoisotopic (exact) mass is 888 g/mol. The number of rotatable bonds is 22. The molecule has 6 nitrogen and oxygen atoms in total. The van der Waals surface area contributed by atoms with Crippen LogP contribution >= 0.6 is 0 Å².